The lowest BCUT2D eigenvalue weighted by molar-refractivity contribution is -0.117. The topological polar surface area (TPSA) is 62.6 Å². The van der Waals surface area contributed by atoms with Crippen molar-refractivity contribution in [2.75, 3.05) is 16.8 Å². The Balaban J connectivity index is 1.85. The first-order valence-corrected chi connectivity index (χ1v) is 6.92. The number of carbonyl (C=O) groups is 2. The van der Waals surface area contributed by atoms with E-state index in [0.29, 0.717) is 24.4 Å². The predicted octanol–water partition coefficient (Wildman–Crippen LogP) is 2.97. The zero-order valence-corrected chi connectivity index (χ0v) is 11.8. The molecule has 0 saturated carbocycles. The molecule has 2 amide bonds. The Morgan fingerprint density at radius 2 is 2.05 bits per heavy atom. The largest absolute Gasteiger partial charge is 0.456 e. The van der Waals surface area contributed by atoms with Crippen LogP contribution in [-0.4, -0.2) is 18.4 Å². The van der Waals surface area contributed by atoms with Crippen LogP contribution in [0, 0.1) is 6.92 Å². The van der Waals surface area contributed by atoms with Crippen LogP contribution in [0.3, 0.4) is 0 Å². The van der Waals surface area contributed by atoms with Gasteiger partial charge in [0, 0.05) is 13.0 Å². The maximum Gasteiger partial charge on any atom is 0.291 e. The summed E-state index contributed by atoms with van der Waals surface area (Å²) in [5.74, 6) is 0.714. The molecular formula is C16H16N2O3. The average molecular weight is 284 g/mol. The second-order valence-corrected chi connectivity index (χ2v) is 5.03. The van der Waals surface area contributed by atoms with Gasteiger partial charge >= 0.3 is 0 Å². The van der Waals surface area contributed by atoms with E-state index in [0.717, 1.165) is 12.1 Å². The van der Waals surface area contributed by atoms with Crippen molar-refractivity contribution < 1.29 is 14.0 Å². The molecular weight excluding hydrogens is 268 g/mol. The van der Waals surface area contributed by atoms with E-state index < -0.39 is 0 Å². The van der Waals surface area contributed by atoms with Crippen molar-refractivity contribution in [1.82, 2.24) is 0 Å². The van der Waals surface area contributed by atoms with Crippen molar-refractivity contribution >= 4 is 23.2 Å². The highest BCUT2D eigenvalue weighted by atomic mass is 16.3. The molecule has 1 fully saturated rings. The fraction of sp³-hybridized carbons (Fsp3) is 0.250. The number of carbonyl (C=O) groups excluding carboxylic acids is 2. The molecule has 0 unspecified atom stereocenters. The molecule has 1 aromatic carbocycles. The monoisotopic (exact) mass is 284 g/mol. The van der Waals surface area contributed by atoms with Crippen LogP contribution in [0.25, 0.3) is 0 Å². The number of aryl methyl sites for hydroxylation is 1. The number of benzene rings is 1. The third kappa shape index (κ3) is 2.67. The van der Waals surface area contributed by atoms with Gasteiger partial charge in [-0.15, -0.1) is 0 Å². The van der Waals surface area contributed by atoms with Crippen molar-refractivity contribution in [1.29, 1.82) is 0 Å². The van der Waals surface area contributed by atoms with Crippen molar-refractivity contribution in [3.8, 4) is 0 Å². The first-order valence-electron chi connectivity index (χ1n) is 6.92. The maximum atomic E-state index is 12.2. The van der Waals surface area contributed by atoms with E-state index in [1.807, 2.05) is 18.2 Å². The minimum absolute atomic E-state index is 0.0885. The van der Waals surface area contributed by atoms with Gasteiger partial charge in [0.15, 0.2) is 5.76 Å². The molecule has 5 nitrogen and oxygen atoms in total. The van der Waals surface area contributed by atoms with Crippen LogP contribution in [0.5, 0.6) is 0 Å². The molecule has 2 aromatic rings. The number of rotatable bonds is 3. The summed E-state index contributed by atoms with van der Waals surface area (Å²) in [6.45, 7) is 2.47. The molecule has 1 aliphatic rings. The minimum Gasteiger partial charge on any atom is -0.456 e. The van der Waals surface area contributed by atoms with E-state index in [9.17, 15) is 9.59 Å². The zero-order chi connectivity index (χ0) is 14.8. The lowest BCUT2D eigenvalue weighted by Gasteiger charge is -2.19. The zero-order valence-electron chi connectivity index (χ0n) is 11.8. The number of hydrogen-bond acceptors (Lipinski definition) is 3. The highest BCUT2D eigenvalue weighted by Crippen LogP contribution is 2.29. The van der Waals surface area contributed by atoms with Gasteiger partial charge in [-0.3, -0.25) is 9.59 Å². The summed E-state index contributed by atoms with van der Waals surface area (Å²) < 4.78 is 5.31. The molecule has 0 aliphatic carbocycles. The molecule has 3 rings (SSSR count). The van der Waals surface area contributed by atoms with Crippen LogP contribution in [0.1, 0.15) is 29.2 Å². The molecule has 0 atom stereocenters. The van der Waals surface area contributed by atoms with Crippen LogP contribution in [-0.2, 0) is 4.79 Å². The van der Waals surface area contributed by atoms with Crippen molar-refractivity contribution in [2.45, 2.75) is 19.8 Å². The van der Waals surface area contributed by atoms with Gasteiger partial charge in [-0.25, -0.2) is 0 Å². The standard InChI is InChI=1S/C16H16N2O3/c1-11-8-9-14(21-11)16(20)17-12-5-2-3-6-13(12)18-10-4-7-15(18)19/h2-3,5-6,8-9H,4,7,10H2,1H3,(H,17,20). The normalized spacial score (nSPS) is 14.5. The van der Waals surface area contributed by atoms with Gasteiger partial charge in [0.25, 0.3) is 5.91 Å². The van der Waals surface area contributed by atoms with E-state index >= 15 is 0 Å². The Morgan fingerprint density at radius 1 is 1.24 bits per heavy atom. The third-order valence-corrected chi connectivity index (χ3v) is 3.48. The van der Waals surface area contributed by atoms with Gasteiger partial charge in [-0.1, -0.05) is 12.1 Å². The van der Waals surface area contributed by atoms with E-state index in [4.69, 9.17) is 4.42 Å². The number of para-hydroxylation sites is 2. The van der Waals surface area contributed by atoms with Crippen LogP contribution < -0.4 is 10.2 Å². The Morgan fingerprint density at radius 3 is 2.71 bits per heavy atom. The predicted molar refractivity (Wildman–Crippen MR) is 79.4 cm³/mol. The molecule has 1 saturated heterocycles. The van der Waals surface area contributed by atoms with Gasteiger partial charge in [0.05, 0.1) is 11.4 Å². The average Bonchev–Trinajstić information content (AvgIpc) is 3.08. The molecule has 0 spiro atoms. The second kappa shape index (κ2) is 5.44. The van der Waals surface area contributed by atoms with Crippen molar-refractivity contribution in [2.24, 2.45) is 0 Å². The molecule has 0 bridgehead atoms. The van der Waals surface area contributed by atoms with Gasteiger partial charge in [0.2, 0.25) is 5.91 Å². The molecule has 1 aromatic heterocycles. The molecule has 5 heteroatoms. The molecule has 108 valence electrons. The summed E-state index contributed by atoms with van der Waals surface area (Å²) in [7, 11) is 0. The fourth-order valence-corrected chi connectivity index (χ4v) is 2.46. The first-order chi connectivity index (χ1) is 10.1. The highest BCUT2D eigenvalue weighted by molar-refractivity contribution is 6.06. The number of nitrogens with one attached hydrogen (secondary N) is 1. The lowest BCUT2D eigenvalue weighted by atomic mass is 10.2. The smallest absolute Gasteiger partial charge is 0.291 e. The van der Waals surface area contributed by atoms with E-state index in [2.05, 4.69) is 5.32 Å². The van der Waals surface area contributed by atoms with Gasteiger partial charge in [-0.2, -0.15) is 0 Å². The lowest BCUT2D eigenvalue weighted by Crippen LogP contribution is -2.25. The summed E-state index contributed by atoms with van der Waals surface area (Å²) >= 11 is 0. The van der Waals surface area contributed by atoms with Crippen LogP contribution in [0.2, 0.25) is 0 Å². The SMILES string of the molecule is Cc1ccc(C(=O)Nc2ccccc2N2CCCC2=O)o1. The van der Waals surface area contributed by atoms with Gasteiger partial charge in [-0.05, 0) is 37.6 Å². The minimum atomic E-state index is -0.317. The summed E-state index contributed by atoms with van der Waals surface area (Å²) in [6, 6.07) is 10.7. The quantitative estimate of drug-likeness (QED) is 0.942. The summed E-state index contributed by atoms with van der Waals surface area (Å²) in [5.41, 5.74) is 1.35. The van der Waals surface area contributed by atoms with Crippen LogP contribution in [0.15, 0.2) is 40.8 Å². The number of anilines is 2. The molecule has 1 aliphatic heterocycles. The summed E-state index contributed by atoms with van der Waals surface area (Å²) in [6.07, 6.45) is 1.40. The Hall–Kier alpha value is -2.56. The first kappa shape index (κ1) is 13.4. The summed E-state index contributed by atoms with van der Waals surface area (Å²) in [5, 5.41) is 2.81. The Labute approximate surface area is 122 Å². The van der Waals surface area contributed by atoms with Crippen LogP contribution >= 0.6 is 0 Å². The maximum absolute atomic E-state index is 12.2. The van der Waals surface area contributed by atoms with Crippen LogP contribution in [0.4, 0.5) is 11.4 Å². The second-order valence-electron chi connectivity index (χ2n) is 5.03. The molecule has 2 heterocycles. The molecule has 1 N–H and O–H groups in total. The van der Waals surface area contributed by atoms with E-state index in [-0.39, 0.29) is 17.6 Å². The van der Waals surface area contributed by atoms with E-state index in [1.54, 1.807) is 30.0 Å². The van der Waals surface area contributed by atoms with Gasteiger partial charge in [0.1, 0.15) is 5.76 Å². The number of furan rings is 1. The number of nitrogens with zero attached hydrogens (tertiary/aromatic N) is 1. The van der Waals surface area contributed by atoms with Crippen molar-refractivity contribution in [3.63, 3.8) is 0 Å². The number of hydrogen-bond donors (Lipinski definition) is 1. The van der Waals surface area contributed by atoms with Gasteiger partial charge < -0.3 is 14.6 Å². The number of amides is 2. The van der Waals surface area contributed by atoms with E-state index in [1.165, 1.54) is 0 Å². The summed E-state index contributed by atoms with van der Waals surface area (Å²) in [4.78, 5) is 25.8. The molecule has 21 heavy (non-hydrogen) atoms. The fourth-order valence-electron chi connectivity index (χ4n) is 2.46. The Kier molecular flexibility index (Phi) is 3.48. The molecule has 0 radical (unpaired) electrons. The van der Waals surface area contributed by atoms with Crippen molar-refractivity contribution in [3.05, 3.63) is 47.9 Å². The highest BCUT2D eigenvalue weighted by Gasteiger charge is 2.24. The Bertz CT molecular complexity index is 690. The third-order valence-electron chi connectivity index (χ3n) is 3.48.